The first-order valence-corrected chi connectivity index (χ1v) is 10.9. The van der Waals surface area contributed by atoms with Crippen molar-refractivity contribution in [3.05, 3.63) is 53.8 Å². The number of amides is 1. The molecule has 0 unspecified atom stereocenters. The van der Waals surface area contributed by atoms with E-state index in [0.717, 1.165) is 4.31 Å². The Labute approximate surface area is 175 Å². The van der Waals surface area contributed by atoms with E-state index in [9.17, 15) is 18.0 Å². The molecule has 8 heteroatoms. The number of nitrogens with zero attached hydrogens (tertiary/aromatic N) is 1. The van der Waals surface area contributed by atoms with Crippen LogP contribution in [-0.2, 0) is 14.8 Å². The third kappa shape index (κ3) is 3.82. The number of Topliss-reactive ketones (excluding diaryl/α,β-unsaturated/α-hetero) is 1. The smallest absolute Gasteiger partial charge is 0.270 e. The highest BCUT2D eigenvalue weighted by Crippen LogP contribution is 2.33. The average molecular weight is 429 g/mol. The van der Waals surface area contributed by atoms with Gasteiger partial charge in [0.1, 0.15) is 17.1 Å². The Bertz CT molecular complexity index is 1210. The SMILES string of the molecule is CCCC(=O)N(c1ccc2oc(C)c(C(C)=O)c2c1)S(=O)(=O)c1ccc(OC)cc1. The van der Waals surface area contributed by atoms with Gasteiger partial charge in [0.25, 0.3) is 10.0 Å². The monoisotopic (exact) mass is 429 g/mol. The second-order valence-corrected chi connectivity index (χ2v) is 8.65. The number of fused-ring (bicyclic) bond motifs is 1. The highest BCUT2D eigenvalue weighted by atomic mass is 32.2. The van der Waals surface area contributed by atoms with Crippen molar-refractivity contribution in [2.24, 2.45) is 0 Å². The van der Waals surface area contributed by atoms with E-state index in [1.807, 2.05) is 0 Å². The van der Waals surface area contributed by atoms with Gasteiger partial charge in [0.05, 0.1) is 23.3 Å². The maximum absolute atomic E-state index is 13.4. The number of methoxy groups -OCH3 is 1. The van der Waals surface area contributed by atoms with Crippen molar-refractivity contribution < 1.29 is 27.2 Å². The largest absolute Gasteiger partial charge is 0.497 e. The van der Waals surface area contributed by atoms with Crippen molar-refractivity contribution in [1.82, 2.24) is 0 Å². The molecule has 0 aliphatic rings. The lowest BCUT2D eigenvalue weighted by Crippen LogP contribution is -2.36. The summed E-state index contributed by atoms with van der Waals surface area (Å²) in [7, 11) is -2.70. The Balaban J connectivity index is 2.20. The van der Waals surface area contributed by atoms with Crippen molar-refractivity contribution in [2.45, 2.75) is 38.5 Å². The van der Waals surface area contributed by atoms with E-state index < -0.39 is 15.9 Å². The van der Waals surface area contributed by atoms with E-state index in [-0.39, 0.29) is 22.8 Å². The van der Waals surface area contributed by atoms with Crippen LogP contribution in [0.4, 0.5) is 5.69 Å². The van der Waals surface area contributed by atoms with Gasteiger partial charge in [-0.05, 0) is 62.7 Å². The lowest BCUT2D eigenvalue weighted by Gasteiger charge is -2.23. The number of benzene rings is 2. The normalized spacial score (nSPS) is 11.5. The fourth-order valence-electron chi connectivity index (χ4n) is 3.36. The maximum atomic E-state index is 13.4. The topological polar surface area (TPSA) is 93.9 Å². The van der Waals surface area contributed by atoms with Crippen LogP contribution in [0, 0.1) is 6.92 Å². The molecule has 3 aromatic rings. The summed E-state index contributed by atoms with van der Waals surface area (Å²) in [6.45, 7) is 4.88. The van der Waals surface area contributed by atoms with E-state index in [0.29, 0.717) is 34.5 Å². The van der Waals surface area contributed by atoms with Gasteiger partial charge in [-0.25, -0.2) is 12.7 Å². The van der Waals surface area contributed by atoms with Crippen LogP contribution in [-0.4, -0.2) is 27.2 Å². The summed E-state index contributed by atoms with van der Waals surface area (Å²) in [6, 6.07) is 10.4. The van der Waals surface area contributed by atoms with Gasteiger partial charge in [0, 0.05) is 11.8 Å². The number of ether oxygens (including phenoxy) is 1. The van der Waals surface area contributed by atoms with Crippen LogP contribution >= 0.6 is 0 Å². The van der Waals surface area contributed by atoms with Crippen LogP contribution < -0.4 is 9.04 Å². The van der Waals surface area contributed by atoms with E-state index in [2.05, 4.69) is 0 Å². The molecule has 0 saturated carbocycles. The highest BCUT2D eigenvalue weighted by Gasteiger charge is 2.31. The molecule has 0 fully saturated rings. The first-order chi connectivity index (χ1) is 14.2. The quantitative estimate of drug-likeness (QED) is 0.514. The molecular formula is C22H23NO6S. The zero-order valence-electron chi connectivity index (χ0n) is 17.3. The number of carbonyl (C=O) groups excluding carboxylic acids is 2. The molecule has 158 valence electrons. The number of anilines is 1. The number of sulfonamides is 1. The minimum Gasteiger partial charge on any atom is -0.497 e. The van der Waals surface area contributed by atoms with Crippen LogP contribution in [0.15, 0.2) is 51.8 Å². The molecule has 1 aromatic heterocycles. The van der Waals surface area contributed by atoms with Gasteiger partial charge in [-0.2, -0.15) is 0 Å². The Morgan fingerprint density at radius 2 is 1.77 bits per heavy atom. The van der Waals surface area contributed by atoms with Crippen LogP contribution in [0.25, 0.3) is 11.0 Å². The number of ketones is 1. The fraction of sp³-hybridized carbons (Fsp3) is 0.273. The average Bonchev–Trinajstić information content (AvgIpc) is 3.03. The molecule has 1 heterocycles. The summed E-state index contributed by atoms with van der Waals surface area (Å²) in [5.74, 6) is 0.186. The third-order valence-electron chi connectivity index (χ3n) is 4.72. The molecule has 0 radical (unpaired) electrons. The van der Waals surface area contributed by atoms with E-state index in [1.54, 1.807) is 19.9 Å². The molecule has 0 atom stereocenters. The zero-order chi connectivity index (χ0) is 22.1. The van der Waals surface area contributed by atoms with Crippen LogP contribution in [0.1, 0.15) is 42.8 Å². The van der Waals surface area contributed by atoms with E-state index in [4.69, 9.17) is 9.15 Å². The number of hydrogen-bond acceptors (Lipinski definition) is 6. The number of rotatable bonds is 7. The van der Waals surface area contributed by atoms with E-state index >= 15 is 0 Å². The molecule has 30 heavy (non-hydrogen) atoms. The van der Waals surface area contributed by atoms with Crippen molar-refractivity contribution in [3.63, 3.8) is 0 Å². The second kappa shape index (κ2) is 8.31. The first kappa shape index (κ1) is 21.6. The maximum Gasteiger partial charge on any atom is 0.270 e. The van der Waals surface area contributed by atoms with Crippen LogP contribution in [0.5, 0.6) is 5.75 Å². The van der Waals surface area contributed by atoms with Crippen molar-refractivity contribution in [3.8, 4) is 5.75 Å². The van der Waals surface area contributed by atoms with Crippen molar-refractivity contribution in [1.29, 1.82) is 0 Å². The highest BCUT2D eigenvalue weighted by molar-refractivity contribution is 7.93. The van der Waals surface area contributed by atoms with Gasteiger partial charge in [-0.3, -0.25) is 9.59 Å². The van der Waals surface area contributed by atoms with Crippen molar-refractivity contribution in [2.75, 3.05) is 11.4 Å². The van der Waals surface area contributed by atoms with Gasteiger partial charge in [-0.1, -0.05) is 6.92 Å². The predicted molar refractivity (Wildman–Crippen MR) is 114 cm³/mol. The summed E-state index contributed by atoms with van der Waals surface area (Å²) < 4.78 is 38.3. The molecule has 2 aromatic carbocycles. The lowest BCUT2D eigenvalue weighted by atomic mass is 10.1. The summed E-state index contributed by atoms with van der Waals surface area (Å²) >= 11 is 0. The Hall–Kier alpha value is -3.13. The van der Waals surface area contributed by atoms with Crippen LogP contribution in [0.2, 0.25) is 0 Å². The summed E-state index contributed by atoms with van der Waals surface area (Å²) in [5.41, 5.74) is 0.975. The molecule has 0 aliphatic carbocycles. The van der Waals surface area contributed by atoms with Gasteiger partial charge in [0.2, 0.25) is 5.91 Å². The van der Waals surface area contributed by atoms with Gasteiger partial charge in [-0.15, -0.1) is 0 Å². The fourth-order valence-corrected chi connectivity index (χ4v) is 4.80. The summed E-state index contributed by atoms with van der Waals surface area (Å²) in [6.07, 6.45) is 0.538. The second-order valence-electron chi connectivity index (χ2n) is 6.86. The zero-order valence-corrected chi connectivity index (χ0v) is 18.1. The number of furan rings is 1. The first-order valence-electron chi connectivity index (χ1n) is 9.47. The van der Waals surface area contributed by atoms with E-state index in [1.165, 1.54) is 50.4 Å². The van der Waals surface area contributed by atoms with Crippen molar-refractivity contribution >= 4 is 38.4 Å². The van der Waals surface area contributed by atoms with Crippen LogP contribution in [0.3, 0.4) is 0 Å². The summed E-state index contributed by atoms with van der Waals surface area (Å²) in [4.78, 5) is 24.9. The number of carbonyl (C=O) groups is 2. The summed E-state index contributed by atoms with van der Waals surface area (Å²) in [5, 5.41) is 0.469. The minimum atomic E-state index is -4.18. The molecule has 7 nitrogen and oxygen atoms in total. The molecule has 3 rings (SSSR count). The lowest BCUT2D eigenvalue weighted by molar-refractivity contribution is -0.117. The minimum absolute atomic E-state index is 0.0389. The molecule has 1 amide bonds. The standard InChI is InChI=1S/C22H23NO6S/c1-5-6-21(25)23(30(26,27)18-10-8-17(28-4)9-11-18)16-7-12-20-19(13-16)22(14(2)24)15(3)29-20/h7-13H,5-6H2,1-4H3. The van der Waals surface area contributed by atoms with Gasteiger partial charge < -0.3 is 9.15 Å². The van der Waals surface area contributed by atoms with Gasteiger partial charge >= 0.3 is 0 Å². The third-order valence-corrected chi connectivity index (χ3v) is 6.49. The predicted octanol–water partition coefficient (Wildman–Crippen LogP) is 4.47. The van der Waals surface area contributed by atoms with Gasteiger partial charge in [0.15, 0.2) is 5.78 Å². The molecule has 0 saturated heterocycles. The molecule has 0 aliphatic heterocycles. The molecule has 0 spiro atoms. The molecule has 0 bridgehead atoms. The number of aryl methyl sites for hydroxylation is 1. The Kier molecular flexibility index (Phi) is 5.98. The molecular weight excluding hydrogens is 406 g/mol. The molecule has 0 N–H and O–H groups in total. The Morgan fingerprint density at radius 1 is 1.10 bits per heavy atom. The Morgan fingerprint density at radius 3 is 2.33 bits per heavy atom. The number of hydrogen-bond donors (Lipinski definition) is 0.